The zero-order chi connectivity index (χ0) is 13.1. The Labute approximate surface area is 111 Å². The Balaban J connectivity index is 2.27. The molecule has 0 aliphatic rings. The number of nitrogens with one attached hydrogen (secondary N) is 1. The summed E-state index contributed by atoms with van der Waals surface area (Å²) in [5, 5.41) is 7.77. The molecule has 0 spiro atoms. The van der Waals surface area contributed by atoms with Gasteiger partial charge >= 0.3 is 0 Å². The van der Waals surface area contributed by atoms with Crippen molar-refractivity contribution in [2.24, 2.45) is 0 Å². The summed E-state index contributed by atoms with van der Waals surface area (Å²) < 4.78 is 15.4. The molecule has 0 unspecified atom stereocenters. The molecule has 2 rings (SSSR count). The Kier molecular flexibility index (Phi) is 3.99. The van der Waals surface area contributed by atoms with Crippen molar-refractivity contribution >= 4 is 11.6 Å². The normalized spacial score (nSPS) is 10.9. The average molecular weight is 268 g/mol. The van der Waals surface area contributed by atoms with Gasteiger partial charge in [-0.1, -0.05) is 17.7 Å². The highest BCUT2D eigenvalue weighted by Crippen LogP contribution is 2.17. The van der Waals surface area contributed by atoms with Crippen LogP contribution in [0.2, 0.25) is 5.02 Å². The SMILES string of the molecule is CNCc1ccc(F)c(Cn2ncc(Cl)c2C)c1. The second-order valence-electron chi connectivity index (χ2n) is 4.19. The maximum absolute atomic E-state index is 13.7. The maximum Gasteiger partial charge on any atom is 0.128 e. The van der Waals surface area contributed by atoms with Gasteiger partial charge in [-0.25, -0.2) is 4.39 Å². The van der Waals surface area contributed by atoms with Crippen molar-refractivity contribution in [3.63, 3.8) is 0 Å². The van der Waals surface area contributed by atoms with Crippen LogP contribution in [0.4, 0.5) is 4.39 Å². The highest BCUT2D eigenvalue weighted by molar-refractivity contribution is 6.31. The molecular formula is C13H15ClFN3. The van der Waals surface area contributed by atoms with Crippen LogP contribution in [0.3, 0.4) is 0 Å². The van der Waals surface area contributed by atoms with E-state index >= 15 is 0 Å². The molecule has 2 aromatic rings. The molecule has 1 N–H and O–H groups in total. The van der Waals surface area contributed by atoms with E-state index in [9.17, 15) is 4.39 Å². The number of rotatable bonds is 4. The smallest absolute Gasteiger partial charge is 0.128 e. The highest BCUT2D eigenvalue weighted by atomic mass is 35.5. The van der Waals surface area contributed by atoms with Gasteiger partial charge in [0.1, 0.15) is 5.82 Å². The van der Waals surface area contributed by atoms with E-state index in [1.807, 2.05) is 20.0 Å². The van der Waals surface area contributed by atoms with Crippen LogP contribution < -0.4 is 5.32 Å². The third-order valence-corrected chi connectivity index (χ3v) is 3.23. The summed E-state index contributed by atoms with van der Waals surface area (Å²) in [5.41, 5.74) is 2.51. The molecule has 0 saturated heterocycles. The first-order chi connectivity index (χ1) is 8.61. The second kappa shape index (κ2) is 5.50. The molecule has 0 amide bonds. The first-order valence-electron chi connectivity index (χ1n) is 5.71. The molecule has 1 aromatic heterocycles. The molecule has 1 heterocycles. The van der Waals surface area contributed by atoms with E-state index in [1.165, 1.54) is 6.07 Å². The molecule has 96 valence electrons. The Bertz CT molecular complexity index is 551. The Hall–Kier alpha value is -1.39. The fourth-order valence-electron chi connectivity index (χ4n) is 1.81. The fraction of sp³-hybridized carbons (Fsp3) is 0.308. The van der Waals surface area contributed by atoms with Crippen molar-refractivity contribution in [2.75, 3.05) is 7.05 Å². The van der Waals surface area contributed by atoms with Gasteiger partial charge in [0.2, 0.25) is 0 Å². The summed E-state index contributed by atoms with van der Waals surface area (Å²) in [6.45, 7) is 2.97. The average Bonchev–Trinajstić information content (AvgIpc) is 2.66. The van der Waals surface area contributed by atoms with Gasteiger partial charge < -0.3 is 5.32 Å². The van der Waals surface area contributed by atoms with Gasteiger partial charge in [0.05, 0.1) is 23.5 Å². The molecule has 0 fully saturated rings. The molecule has 3 nitrogen and oxygen atoms in total. The van der Waals surface area contributed by atoms with Crippen molar-refractivity contribution in [1.29, 1.82) is 0 Å². The number of halogens is 2. The molecule has 0 radical (unpaired) electrons. The summed E-state index contributed by atoms with van der Waals surface area (Å²) in [4.78, 5) is 0. The summed E-state index contributed by atoms with van der Waals surface area (Å²) in [7, 11) is 1.86. The van der Waals surface area contributed by atoms with Crippen LogP contribution in [0, 0.1) is 12.7 Å². The maximum atomic E-state index is 13.7. The molecule has 5 heteroatoms. The van der Waals surface area contributed by atoms with E-state index in [1.54, 1.807) is 16.9 Å². The first kappa shape index (κ1) is 13.1. The van der Waals surface area contributed by atoms with Crippen LogP contribution in [-0.2, 0) is 13.1 Å². The summed E-state index contributed by atoms with van der Waals surface area (Å²) >= 11 is 5.93. The lowest BCUT2D eigenvalue weighted by molar-refractivity contribution is 0.578. The van der Waals surface area contributed by atoms with E-state index in [4.69, 9.17) is 11.6 Å². The van der Waals surface area contributed by atoms with Crippen molar-refractivity contribution in [3.8, 4) is 0 Å². The third-order valence-electron chi connectivity index (χ3n) is 2.85. The summed E-state index contributed by atoms with van der Waals surface area (Å²) in [5.74, 6) is -0.221. The number of benzene rings is 1. The first-order valence-corrected chi connectivity index (χ1v) is 6.09. The van der Waals surface area contributed by atoms with E-state index in [2.05, 4.69) is 10.4 Å². The van der Waals surface area contributed by atoms with Gasteiger partial charge in [-0.05, 0) is 31.7 Å². The van der Waals surface area contributed by atoms with Crippen LogP contribution in [-0.4, -0.2) is 16.8 Å². The van der Waals surface area contributed by atoms with Crippen LogP contribution in [0.25, 0.3) is 0 Å². The minimum atomic E-state index is -0.221. The third kappa shape index (κ3) is 2.71. The van der Waals surface area contributed by atoms with Crippen LogP contribution in [0.15, 0.2) is 24.4 Å². The fourth-order valence-corrected chi connectivity index (χ4v) is 1.95. The van der Waals surface area contributed by atoms with Gasteiger partial charge in [-0.15, -0.1) is 0 Å². The predicted molar refractivity (Wildman–Crippen MR) is 70.2 cm³/mol. The lowest BCUT2D eigenvalue weighted by Gasteiger charge is -2.08. The van der Waals surface area contributed by atoms with Gasteiger partial charge in [0.25, 0.3) is 0 Å². The predicted octanol–water partition coefficient (Wildman–Crippen LogP) is 2.75. The van der Waals surface area contributed by atoms with Crippen LogP contribution in [0.5, 0.6) is 0 Å². The molecule has 0 aliphatic heterocycles. The van der Waals surface area contributed by atoms with Gasteiger partial charge in [0, 0.05) is 12.1 Å². The Morgan fingerprint density at radius 1 is 1.44 bits per heavy atom. The van der Waals surface area contributed by atoms with Gasteiger partial charge in [-0.2, -0.15) is 5.10 Å². The highest BCUT2D eigenvalue weighted by Gasteiger charge is 2.08. The van der Waals surface area contributed by atoms with Crippen molar-refractivity contribution in [2.45, 2.75) is 20.0 Å². The number of hydrogen-bond donors (Lipinski definition) is 1. The van der Waals surface area contributed by atoms with Gasteiger partial charge in [-0.3, -0.25) is 4.68 Å². The minimum Gasteiger partial charge on any atom is -0.316 e. The molecule has 0 atom stereocenters. The Morgan fingerprint density at radius 3 is 2.83 bits per heavy atom. The van der Waals surface area contributed by atoms with Gasteiger partial charge in [0.15, 0.2) is 0 Å². The largest absolute Gasteiger partial charge is 0.316 e. The topological polar surface area (TPSA) is 29.9 Å². The molecule has 1 aromatic carbocycles. The monoisotopic (exact) mass is 267 g/mol. The second-order valence-corrected chi connectivity index (χ2v) is 4.60. The van der Waals surface area contributed by atoms with E-state index in [-0.39, 0.29) is 5.82 Å². The molecule has 0 saturated carbocycles. The Morgan fingerprint density at radius 2 is 2.22 bits per heavy atom. The lowest BCUT2D eigenvalue weighted by atomic mass is 10.1. The number of aromatic nitrogens is 2. The standard InChI is InChI=1S/C13H15ClFN3/c1-9-12(14)7-17-18(9)8-11-5-10(6-16-2)3-4-13(11)15/h3-5,7,16H,6,8H2,1-2H3. The zero-order valence-electron chi connectivity index (χ0n) is 10.4. The zero-order valence-corrected chi connectivity index (χ0v) is 11.1. The number of hydrogen-bond acceptors (Lipinski definition) is 2. The molecule has 18 heavy (non-hydrogen) atoms. The summed E-state index contributed by atoms with van der Waals surface area (Å²) in [6, 6.07) is 5.11. The van der Waals surface area contributed by atoms with E-state index in [0.29, 0.717) is 23.7 Å². The molecule has 0 bridgehead atoms. The number of nitrogens with zero attached hydrogens (tertiary/aromatic N) is 2. The quantitative estimate of drug-likeness (QED) is 0.923. The van der Waals surface area contributed by atoms with E-state index in [0.717, 1.165) is 11.3 Å². The molecular weight excluding hydrogens is 253 g/mol. The van der Waals surface area contributed by atoms with Crippen LogP contribution in [0.1, 0.15) is 16.8 Å². The lowest BCUT2D eigenvalue weighted by Crippen LogP contribution is -2.09. The van der Waals surface area contributed by atoms with Crippen molar-refractivity contribution in [1.82, 2.24) is 15.1 Å². The van der Waals surface area contributed by atoms with Crippen molar-refractivity contribution < 1.29 is 4.39 Å². The van der Waals surface area contributed by atoms with Crippen molar-refractivity contribution in [3.05, 3.63) is 52.1 Å². The molecule has 0 aliphatic carbocycles. The van der Waals surface area contributed by atoms with E-state index < -0.39 is 0 Å². The van der Waals surface area contributed by atoms with Crippen LogP contribution >= 0.6 is 11.6 Å². The summed E-state index contributed by atoms with van der Waals surface area (Å²) in [6.07, 6.45) is 1.58. The minimum absolute atomic E-state index is 0.221.